The van der Waals surface area contributed by atoms with Gasteiger partial charge in [0.05, 0.1) is 0 Å². The Morgan fingerprint density at radius 1 is 1.75 bits per heavy atom. The highest BCUT2D eigenvalue weighted by Gasteiger charge is 2.28. The zero-order valence-corrected chi connectivity index (χ0v) is 5.91. The van der Waals surface area contributed by atoms with Crippen LogP contribution >= 0.6 is 11.8 Å². The molecule has 48 valence electrons. The van der Waals surface area contributed by atoms with E-state index in [2.05, 4.69) is 11.8 Å². The summed E-state index contributed by atoms with van der Waals surface area (Å²) in [6.45, 7) is 2.17. The zero-order chi connectivity index (χ0) is 5.98. The van der Waals surface area contributed by atoms with Gasteiger partial charge in [-0.15, -0.1) is 0 Å². The van der Waals surface area contributed by atoms with Crippen LogP contribution in [-0.2, 0) is 0 Å². The molecule has 0 spiro atoms. The molecule has 1 fully saturated rings. The smallest absolute Gasteiger partial charge is 0.0246 e. The molecule has 0 aliphatic heterocycles. The van der Waals surface area contributed by atoms with E-state index in [-0.39, 0.29) is 0 Å². The van der Waals surface area contributed by atoms with E-state index in [1.54, 1.807) is 0 Å². The van der Waals surface area contributed by atoms with E-state index in [1.165, 1.54) is 12.8 Å². The highest BCUT2D eigenvalue weighted by molar-refractivity contribution is 6.13. The summed E-state index contributed by atoms with van der Waals surface area (Å²) in [5.41, 5.74) is 0. The van der Waals surface area contributed by atoms with Gasteiger partial charge in [-0.3, -0.25) is 0 Å². The monoisotopic (exact) mass is 133 g/mol. The molecule has 1 aliphatic carbocycles. The summed E-state index contributed by atoms with van der Waals surface area (Å²) < 4.78 is 0. The molecule has 0 radical (unpaired) electrons. The maximum atomic E-state index is 5.45. The number of halogens is 1. The fourth-order valence-corrected chi connectivity index (χ4v) is 1.33. The average Bonchev–Trinajstić information content (AvgIpc) is 2.53. The molecule has 1 saturated carbocycles. The Bertz CT molecular complexity index is 66.9. The van der Waals surface area contributed by atoms with Gasteiger partial charge >= 0.3 is 0 Å². The SMILES string of the molecule is CC[C@@H](NCl)C1CC1. The summed E-state index contributed by atoms with van der Waals surface area (Å²) in [5.74, 6) is 0.887. The third-order valence-electron chi connectivity index (χ3n) is 1.77. The van der Waals surface area contributed by atoms with E-state index in [1.807, 2.05) is 0 Å². The Labute approximate surface area is 55.5 Å². The number of nitrogens with one attached hydrogen (secondary N) is 1. The highest BCUT2D eigenvalue weighted by atomic mass is 35.5. The lowest BCUT2D eigenvalue weighted by atomic mass is 10.1. The fraction of sp³-hybridized carbons (Fsp3) is 1.00. The molecule has 1 atom stereocenters. The van der Waals surface area contributed by atoms with Crippen molar-refractivity contribution in [3.63, 3.8) is 0 Å². The molecule has 0 aromatic rings. The van der Waals surface area contributed by atoms with E-state index in [9.17, 15) is 0 Å². The van der Waals surface area contributed by atoms with Crippen LogP contribution in [0, 0.1) is 5.92 Å². The van der Waals surface area contributed by atoms with Crippen molar-refractivity contribution in [3.05, 3.63) is 0 Å². The normalized spacial score (nSPS) is 23.2. The first kappa shape index (κ1) is 6.37. The highest BCUT2D eigenvalue weighted by Crippen LogP contribution is 2.33. The van der Waals surface area contributed by atoms with Crippen molar-refractivity contribution in [1.82, 2.24) is 4.84 Å². The Kier molecular flexibility index (Phi) is 2.15. The molecule has 2 heteroatoms. The largest absolute Gasteiger partial charge is 0.230 e. The molecule has 0 aromatic carbocycles. The number of hydrogen-bond acceptors (Lipinski definition) is 1. The first-order valence-corrected chi connectivity index (χ1v) is 3.62. The van der Waals surface area contributed by atoms with E-state index < -0.39 is 0 Å². The Hall–Kier alpha value is 0.250. The molecule has 0 unspecified atom stereocenters. The third-order valence-corrected chi connectivity index (χ3v) is 2.05. The Morgan fingerprint density at radius 3 is 2.50 bits per heavy atom. The van der Waals surface area contributed by atoms with Gasteiger partial charge in [0.1, 0.15) is 0 Å². The quantitative estimate of drug-likeness (QED) is 0.580. The molecule has 1 aliphatic rings. The minimum atomic E-state index is 0.580. The third kappa shape index (κ3) is 1.36. The Balaban J connectivity index is 2.15. The second-order valence-electron chi connectivity index (χ2n) is 2.46. The summed E-state index contributed by atoms with van der Waals surface area (Å²) in [5, 5.41) is 0. The maximum absolute atomic E-state index is 5.45. The molecule has 1 N–H and O–H groups in total. The van der Waals surface area contributed by atoms with Crippen LogP contribution in [0.3, 0.4) is 0 Å². The standard InChI is InChI=1S/C6H12ClN/c1-2-6(8-7)5-3-4-5/h5-6,8H,2-4H2,1H3/t6-/m1/s1. The molecular formula is C6H12ClN. The predicted octanol–water partition coefficient (Wildman–Crippen LogP) is 1.92. The van der Waals surface area contributed by atoms with Crippen molar-refractivity contribution in [2.45, 2.75) is 32.2 Å². The van der Waals surface area contributed by atoms with Gasteiger partial charge in [-0.2, -0.15) is 0 Å². The van der Waals surface area contributed by atoms with Crippen LogP contribution in [0.2, 0.25) is 0 Å². The van der Waals surface area contributed by atoms with Gasteiger partial charge in [-0.1, -0.05) is 6.92 Å². The van der Waals surface area contributed by atoms with Gasteiger partial charge in [-0.05, 0) is 37.0 Å². The second kappa shape index (κ2) is 2.70. The number of rotatable bonds is 3. The van der Waals surface area contributed by atoms with Gasteiger partial charge in [0.25, 0.3) is 0 Å². The van der Waals surface area contributed by atoms with Crippen LogP contribution < -0.4 is 4.84 Å². The molecule has 0 bridgehead atoms. The van der Waals surface area contributed by atoms with Gasteiger partial charge < -0.3 is 0 Å². The molecular weight excluding hydrogens is 122 g/mol. The lowest BCUT2D eigenvalue weighted by Gasteiger charge is -2.08. The number of hydrogen-bond donors (Lipinski definition) is 1. The van der Waals surface area contributed by atoms with E-state index in [0.717, 1.165) is 12.3 Å². The second-order valence-corrected chi connectivity index (χ2v) is 2.68. The summed E-state index contributed by atoms with van der Waals surface area (Å²) in [7, 11) is 0. The van der Waals surface area contributed by atoms with E-state index in [4.69, 9.17) is 11.8 Å². The van der Waals surface area contributed by atoms with Crippen LogP contribution in [0.15, 0.2) is 0 Å². The molecule has 1 nitrogen and oxygen atoms in total. The summed E-state index contributed by atoms with van der Waals surface area (Å²) in [6, 6.07) is 0.580. The average molecular weight is 134 g/mol. The van der Waals surface area contributed by atoms with Gasteiger partial charge in [0, 0.05) is 6.04 Å². The lowest BCUT2D eigenvalue weighted by Crippen LogP contribution is -2.21. The van der Waals surface area contributed by atoms with Crippen molar-refractivity contribution in [2.24, 2.45) is 5.92 Å². The van der Waals surface area contributed by atoms with Crippen LogP contribution in [-0.4, -0.2) is 6.04 Å². The molecule has 0 heterocycles. The fourth-order valence-electron chi connectivity index (χ4n) is 0.998. The molecule has 0 aromatic heterocycles. The van der Waals surface area contributed by atoms with Gasteiger partial charge in [0.2, 0.25) is 0 Å². The van der Waals surface area contributed by atoms with E-state index in [0.29, 0.717) is 6.04 Å². The van der Waals surface area contributed by atoms with Crippen molar-refractivity contribution in [2.75, 3.05) is 0 Å². The molecule has 0 saturated heterocycles. The minimum absolute atomic E-state index is 0.580. The summed E-state index contributed by atoms with van der Waals surface area (Å²) in [4.78, 5) is 2.79. The maximum Gasteiger partial charge on any atom is 0.0246 e. The van der Waals surface area contributed by atoms with Crippen molar-refractivity contribution >= 4 is 11.8 Å². The topological polar surface area (TPSA) is 12.0 Å². The molecule has 8 heavy (non-hydrogen) atoms. The van der Waals surface area contributed by atoms with E-state index >= 15 is 0 Å². The van der Waals surface area contributed by atoms with Crippen LogP contribution in [0.1, 0.15) is 26.2 Å². The predicted molar refractivity (Wildman–Crippen MR) is 35.8 cm³/mol. The summed E-state index contributed by atoms with van der Waals surface area (Å²) in [6.07, 6.45) is 3.91. The van der Waals surface area contributed by atoms with Crippen molar-refractivity contribution in [3.8, 4) is 0 Å². The Morgan fingerprint density at radius 2 is 2.38 bits per heavy atom. The van der Waals surface area contributed by atoms with Crippen molar-refractivity contribution in [1.29, 1.82) is 0 Å². The lowest BCUT2D eigenvalue weighted by molar-refractivity contribution is 0.538. The van der Waals surface area contributed by atoms with Gasteiger partial charge in [-0.25, -0.2) is 4.84 Å². The van der Waals surface area contributed by atoms with Crippen LogP contribution in [0.4, 0.5) is 0 Å². The zero-order valence-electron chi connectivity index (χ0n) is 5.15. The molecule has 1 rings (SSSR count). The van der Waals surface area contributed by atoms with Crippen LogP contribution in [0.5, 0.6) is 0 Å². The van der Waals surface area contributed by atoms with Gasteiger partial charge in [0.15, 0.2) is 0 Å². The minimum Gasteiger partial charge on any atom is -0.230 e. The first-order chi connectivity index (χ1) is 3.88. The first-order valence-electron chi connectivity index (χ1n) is 3.24. The molecule has 0 amide bonds. The van der Waals surface area contributed by atoms with Crippen LogP contribution in [0.25, 0.3) is 0 Å². The summed E-state index contributed by atoms with van der Waals surface area (Å²) >= 11 is 5.45. The van der Waals surface area contributed by atoms with Crippen molar-refractivity contribution < 1.29 is 0 Å².